The van der Waals surface area contributed by atoms with Crippen molar-refractivity contribution < 1.29 is 9.32 Å². The topological polar surface area (TPSA) is 43.1 Å². The zero-order valence-electron chi connectivity index (χ0n) is 6.36. The lowest BCUT2D eigenvalue weighted by Crippen LogP contribution is -1.81. The Morgan fingerprint density at radius 3 is 3.00 bits per heavy atom. The summed E-state index contributed by atoms with van der Waals surface area (Å²) in [6, 6.07) is 5.32. The van der Waals surface area contributed by atoms with Gasteiger partial charge in [0.15, 0.2) is 0 Å². The Kier molecular flexibility index (Phi) is 2.16. The molecule has 2 aromatic rings. The van der Waals surface area contributed by atoms with Crippen molar-refractivity contribution in [1.82, 2.24) is 5.16 Å². The Labute approximate surface area is 82.9 Å². The standard InChI is InChI=1S/C8H4ClNO2S/c9-8(11)6-4-5(10-12-6)7-2-1-3-13-7/h1-4H. The van der Waals surface area contributed by atoms with Gasteiger partial charge in [-0.3, -0.25) is 4.79 Å². The van der Waals surface area contributed by atoms with E-state index in [1.165, 1.54) is 17.4 Å². The first kappa shape index (κ1) is 8.47. The largest absolute Gasteiger partial charge is 0.351 e. The normalized spacial score (nSPS) is 10.2. The zero-order chi connectivity index (χ0) is 9.26. The highest BCUT2D eigenvalue weighted by molar-refractivity contribution is 7.13. The van der Waals surface area contributed by atoms with Crippen LogP contribution < -0.4 is 0 Å². The third-order valence-electron chi connectivity index (χ3n) is 1.48. The van der Waals surface area contributed by atoms with Crippen LogP contribution in [0.3, 0.4) is 0 Å². The highest BCUT2D eigenvalue weighted by Crippen LogP contribution is 2.24. The smallest absolute Gasteiger partial charge is 0.290 e. The van der Waals surface area contributed by atoms with E-state index in [9.17, 15) is 4.79 Å². The molecular weight excluding hydrogens is 210 g/mol. The van der Waals surface area contributed by atoms with Crippen LogP contribution in [-0.4, -0.2) is 10.4 Å². The predicted molar refractivity (Wildman–Crippen MR) is 50.0 cm³/mol. The Bertz CT molecular complexity index is 421. The van der Waals surface area contributed by atoms with Gasteiger partial charge in [-0.15, -0.1) is 11.3 Å². The van der Waals surface area contributed by atoms with E-state index >= 15 is 0 Å². The number of carbonyl (C=O) groups is 1. The molecule has 2 aromatic heterocycles. The van der Waals surface area contributed by atoms with Gasteiger partial charge in [0.1, 0.15) is 5.69 Å². The maximum Gasteiger partial charge on any atom is 0.290 e. The van der Waals surface area contributed by atoms with Crippen LogP contribution in [0.1, 0.15) is 10.6 Å². The monoisotopic (exact) mass is 213 g/mol. The van der Waals surface area contributed by atoms with Crippen LogP contribution in [0.25, 0.3) is 10.6 Å². The molecule has 0 aliphatic carbocycles. The van der Waals surface area contributed by atoms with Gasteiger partial charge >= 0.3 is 0 Å². The Hall–Kier alpha value is -1.13. The molecule has 0 saturated heterocycles. The quantitative estimate of drug-likeness (QED) is 0.721. The van der Waals surface area contributed by atoms with Crippen molar-refractivity contribution in [3.05, 3.63) is 29.3 Å². The molecule has 2 rings (SSSR count). The summed E-state index contributed by atoms with van der Waals surface area (Å²) in [5.74, 6) is 0.0741. The van der Waals surface area contributed by atoms with Crippen LogP contribution in [0.15, 0.2) is 28.1 Å². The average Bonchev–Trinajstić information content (AvgIpc) is 2.75. The molecule has 0 atom stereocenters. The van der Waals surface area contributed by atoms with E-state index in [1.807, 2.05) is 17.5 Å². The molecule has 0 spiro atoms. The van der Waals surface area contributed by atoms with Crippen molar-refractivity contribution in [2.45, 2.75) is 0 Å². The maximum atomic E-state index is 10.7. The lowest BCUT2D eigenvalue weighted by Gasteiger charge is -1.82. The first-order valence-corrected chi connectivity index (χ1v) is 4.73. The van der Waals surface area contributed by atoms with E-state index in [-0.39, 0.29) is 5.76 Å². The van der Waals surface area contributed by atoms with E-state index in [0.29, 0.717) is 5.69 Å². The number of carbonyl (C=O) groups excluding carboxylic acids is 1. The van der Waals surface area contributed by atoms with Crippen molar-refractivity contribution in [3.8, 4) is 10.6 Å². The number of aromatic nitrogens is 1. The van der Waals surface area contributed by atoms with Crippen LogP contribution in [0.2, 0.25) is 0 Å². The lowest BCUT2D eigenvalue weighted by atomic mass is 10.3. The predicted octanol–water partition coefficient (Wildman–Crippen LogP) is 2.78. The van der Waals surface area contributed by atoms with Gasteiger partial charge in [0.05, 0.1) is 4.88 Å². The second-order valence-corrected chi connectivity index (χ2v) is 3.62. The van der Waals surface area contributed by atoms with Gasteiger partial charge < -0.3 is 4.52 Å². The Morgan fingerprint density at radius 2 is 2.46 bits per heavy atom. The molecule has 0 unspecified atom stereocenters. The molecule has 0 bridgehead atoms. The minimum absolute atomic E-state index is 0.0741. The van der Waals surface area contributed by atoms with Crippen LogP contribution in [0, 0.1) is 0 Å². The summed E-state index contributed by atoms with van der Waals surface area (Å²) in [5, 5.41) is 5.00. The second-order valence-electron chi connectivity index (χ2n) is 2.33. The minimum atomic E-state index is -0.629. The van der Waals surface area contributed by atoms with E-state index in [2.05, 4.69) is 5.16 Å². The number of rotatable bonds is 2. The molecule has 2 heterocycles. The summed E-state index contributed by atoms with van der Waals surface area (Å²) < 4.78 is 4.73. The van der Waals surface area contributed by atoms with Crippen molar-refractivity contribution >= 4 is 28.2 Å². The number of hydrogen-bond acceptors (Lipinski definition) is 4. The molecule has 3 nitrogen and oxygen atoms in total. The van der Waals surface area contributed by atoms with Crippen molar-refractivity contribution in [2.24, 2.45) is 0 Å². The number of thiophene rings is 1. The van der Waals surface area contributed by atoms with E-state index in [0.717, 1.165) is 4.88 Å². The summed E-state index contributed by atoms with van der Waals surface area (Å²) in [4.78, 5) is 11.6. The molecule has 0 fully saturated rings. The molecule has 0 N–H and O–H groups in total. The third-order valence-corrected chi connectivity index (χ3v) is 2.56. The van der Waals surface area contributed by atoms with Gasteiger partial charge in [-0.05, 0) is 23.0 Å². The van der Waals surface area contributed by atoms with Gasteiger partial charge in [0, 0.05) is 6.07 Å². The Balaban J connectivity index is 2.39. The van der Waals surface area contributed by atoms with E-state index < -0.39 is 5.24 Å². The van der Waals surface area contributed by atoms with Gasteiger partial charge in [0.25, 0.3) is 5.24 Å². The fourth-order valence-corrected chi connectivity index (χ4v) is 1.68. The number of nitrogens with zero attached hydrogens (tertiary/aromatic N) is 1. The van der Waals surface area contributed by atoms with Crippen LogP contribution in [0.4, 0.5) is 0 Å². The third kappa shape index (κ3) is 1.64. The van der Waals surface area contributed by atoms with Crippen molar-refractivity contribution in [1.29, 1.82) is 0 Å². The second kappa shape index (κ2) is 3.32. The Morgan fingerprint density at radius 1 is 1.62 bits per heavy atom. The molecule has 0 radical (unpaired) electrons. The molecule has 0 aliphatic heterocycles. The number of halogens is 1. The highest BCUT2D eigenvalue weighted by Gasteiger charge is 2.11. The van der Waals surface area contributed by atoms with Crippen molar-refractivity contribution in [3.63, 3.8) is 0 Å². The van der Waals surface area contributed by atoms with Gasteiger partial charge in [-0.25, -0.2) is 0 Å². The number of hydrogen-bond donors (Lipinski definition) is 0. The zero-order valence-corrected chi connectivity index (χ0v) is 7.93. The maximum absolute atomic E-state index is 10.7. The van der Waals surface area contributed by atoms with Crippen LogP contribution >= 0.6 is 22.9 Å². The highest BCUT2D eigenvalue weighted by atomic mass is 35.5. The summed E-state index contributed by atoms with van der Waals surface area (Å²) in [7, 11) is 0. The van der Waals surface area contributed by atoms with Gasteiger partial charge in [-0.1, -0.05) is 11.2 Å². The molecule has 66 valence electrons. The SMILES string of the molecule is O=C(Cl)c1cc(-c2cccs2)no1. The average molecular weight is 214 g/mol. The molecule has 0 amide bonds. The van der Waals surface area contributed by atoms with E-state index in [1.54, 1.807) is 0 Å². The van der Waals surface area contributed by atoms with Crippen LogP contribution in [-0.2, 0) is 0 Å². The van der Waals surface area contributed by atoms with Gasteiger partial charge in [0.2, 0.25) is 5.76 Å². The molecule has 0 aromatic carbocycles. The van der Waals surface area contributed by atoms with Crippen LogP contribution in [0.5, 0.6) is 0 Å². The molecular formula is C8H4ClNO2S. The first-order chi connectivity index (χ1) is 6.27. The van der Waals surface area contributed by atoms with Crippen molar-refractivity contribution in [2.75, 3.05) is 0 Å². The fraction of sp³-hybridized carbons (Fsp3) is 0. The summed E-state index contributed by atoms with van der Waals surface area (Å²) in [6.45, 7) is 0. The molecule has 0 aliphatic rings. The minimum Gasteiger partial charge on any atom is -0.351 e. The summed E-state index contributed by atoms with van der Waals surface area (Å²) >= 11 is 6.73. The summed E-state index contributed by atoms with van der Waals surface area (Å²) in [6.07, 6.45) is 0. The molecule has 13 heavy (non-hydrogen) atoms. The molecule has 0 saturated carbocycles. The molecule has 5 heteroatoms. The van der Waals surface area contributed by atoms with Gasteiger partial charge in [-0.2, -0.15) is 0 Å². The summed E-state index contributed by atoms with van der Waals surface area (Å²) in [5.41, 5.74) is 0.638. The fourth-order valence-electron chi connectivity index (χ4n) is 0.908. The first-order valence-electron chi connectivity index (χ1n) is 3.48. The van der Waals surface area contributed by atoms with E-state index in [4.69, 9.17) is 16.1 Å². The lowest BCUT2D eigenvalue weighted by molar-refractivity contribution is 0.104.